The summed E-state index contributed by atoms with van der Waals surface area (Å²) in [6, 6.07) is -0.626. The molecular weight excluding hydrogens is 654 g/mol. The van der Waals surface area contributed by atoms with Crippen molar-refractivity contribution in [3.63, 3.8) is 0 Å². The molecule has 8 nitrogen and oxygen atoms in total. The van der Waals surface area contributed by atoms with Gasteiger partial charge in [-0.25, -0.2) is 4.79 Å². The number of carbonyl (C=O) groups is 3. The van der Waals surface area contributed by atoms with E-state index in [0.717, 1.165) is 64.2 Å². The van der Waals surface area contributed by atoms with Gasteiger partial charge < -0.3 is 23.8 Å². The molecule has 0 rings (SSSR count). The fraction of sp³-hybridized carbons (Fsp3) is 0.705. The molecule has 0 saturated heterocycles. The second kappa shape index (κ2) is 35.1. The lowest BCUT2D eigenvalue weighted by atomic mass is 10.1. The van der Waals surface area contributed by atoms with Crippen molar-refractivity contribution in [1.82, 2.24) is 0 Å². The van der Waals surface area contributed by atoms with Crippen LogP contribution < -0.4 is 0 Å². The summed E-state index contributed by atoms with van der Waals surface area (Å²) < 4.78 is 17.1. The molecule has 0 spiro atoms. The minimum Gasteiger partial charge on any atom is -0.477 e. The molecule has 0 fully saturated rings. The number of esters is 2. The van der Waals surface area contributed by atoms with Crippen molar-refractivity contribution in [2.45, 2.75) is 161 Å². The molecule has 298 valence electrons. The Kier molecular flexibility index (Phi) is 33.1. The minimum atomic E-state index is -0.887. The largest absolute Gasteiger partial charge is 0.477 e. The van der Waals surface area contributed by atoms with Crippen LogP contribution in [0.15, 0.2) is 60.8 Å². The number of carboxylic acids is 1. The number of unbranched alkanes of at least 4 members (excludes halogenated alkanes) is 12. The predicted octanol–water partition coefficient (Wildman–Crippen LogP) is 10.6. The van der Waals surface area contributed by atoms with Crippen molar-refractivity contribution in [2.75, 3.05) is 41.0 Å². The van der Waals surface area contributed by atoms with E-state index in [1.165, 1.54) is 44.9 Å². The molecule has 52 heavy (non-hydrogen) atoms. The Morgan fingerprint density at radius 3 is 1.75 bits per heavy atom. The zero-order valence-electron chi connectivity index (χ0n) is 33.7. The Balaban J connectivity index is 4.50. The van der Waals surface area contributed by atoms with Crippen molar-refractivity contribution < 1.29 is 38.2 Å². The first-order valence-electron chi connectivity index (χ1n) is 20.3. The second-order valence-electron chi connectivity index (χ2n) is 14.5. The van der Waals surface area contributed by atoms with Gasteiger partial charge >= 0.3 is 17.9 Å². The monoisotopic (exact) mass is 731 g/mol. The molecule has 0 saturated carbocycles. The number of aliphatic carboxylic acids is 1. The first-order valence-corrected chi connectivity index (χ1v) is 20.3. The summed E-state index contributed by atoms with van der Waals surface area (Å²) >= 11 is 0. The van der Waals surface area contributed by atoms with Crippen LogP contribution in [0.5, 0.6) is 0 Å². The van der Waals surface area contributed by atoms with Crippen molar-refractivity contribution in [3.8, 4) is 0 Å². The van der Waals surface area contributed by atoms with E-state index in [-0.39, 0.29) is 42.7 Å². The normalized spacial score (nSPS) is 13.6. The Morgan fingerprint density at radius 1 is 0.615 bits per heavy atom. The van der Waals surface area contributed by atoms with Gasteiger partial charge in [-0.2, -0.15) is 0 Å². The summed E-state index contributed by atoms with van der Waals surface area (Å²) in [7, 11) is 5.49. The third-order valence-corrected chi connectivity index (χ3v) is 8.68. The fourth-order valence-electron chi connectivity index (χ4n) is 5.51. The zero-order valence-corrected chi connectivity index (χ0v) is 33.7. The number of likely N-dealkylation sites (N-methyl/N-ethyl adjacent to an activating group) is 1. The van der Waals surface area contributed by atoms with Gasteiger partial charge in [0.1, 0.15) is 6.61 Å². The summed E-state index contributed by atoms with van der Waals surface area (Å²) in [6.07, 6.45) is 41.3. The van der Waals surface area contributed by atoms with Crippen LogP contribution in [-0.2, 0) is 28.6 Å². The number of ether oxygens (including phenoxy) is 3. The quantitative estimate of drug-likeness (QED) is 0.0228. The average molecular weight is 731 g/mol. The molecule has 0 bridgehead atoms. The Bertz CT molecular complexity index is 1040. The maximum Gasteiger partial charge on any atom is 0.362 e. The second-order valence-corrected chi connectivity index (χ2v) is 14.5. The van der Waals surface area contributed by atoms with Gasteiger partial charge in [-0.15, -0.1) is 0 Å². The molecule has 0 aromatic rings. The zero-order chi connectivity index (χ0) is 38.5. The molecule has 0 radical (unpaired) electrons. The van der Waals surface area contributed by atoms with Crippen LogP contribution >= 0.6 is 0 Å². The number of quaternary nitrogens is 1. The summed E-state index contributed by atoms with van der Waals surface area (Å²) in [6.45, 7) is 4.52. The van der Waals surface area contributed by atoms with E-state index in [0.29, 0.717) is 19.3 Å². The molecular formula is C44H76NO7+. The summed E-state index contributed by atoms with van der Waals surface area (Å²) in [5.41, 5.74) is 0. The van der Waals surface area contributed by atoms with Gasteiger partial charge in [0.05, 0.1) is 34.4 Å². The molecule has 1 N–H and O–H groups in total. The Hall–Kier alpha value is -2.97. The fourth-order valence-corrected chi connectivity index (χ4v) is 5.51. The summed E-state index contributed by atoms with van der Waals surface area (Å²) in [5.74, 6) is -1.56. The number of carbonyl (C=O) groups excluding carboxylic acids is 2. The molecule has 0 aliphatic rings. The molecule has 0 amide bonds. The lowest BCUT2D eigenvalue weighted by Gasteiger charge is -2.31. The van der Waals surface area contributed by atoms with E-state index in [1.54, 1.807) is 0 Å². The van der Waals surface area contributed by atoms with Gasteiger partial charge in [0, 0.05) is 19.3 Å². The van der Waals surface area contributed by atoms with Crippen molar-refractivity contribution >= 4 is 17.9 Å². The van der Waals surface area contributed by atoms with Crippen LogP contribution in [0.4, 0.5) is 0 Å². The Labute approximate surface area is 318 Å². The van der Waals surface area contributed by atoms with Gasteiger partial charge in [-0.1, -0.05) is 120 Å². The van der Waals surface area contributed by atoms with Gasteiger partial charge in [-0.3, -0.25) is 9.59 Å². The van der Waals surface area contributed by atoms with E-state index in [4.69, 9.17) is 14.2 Å². The van der Waals surface area contributed by atoms with Crippen LogP contribution in [0.3, 0.4) is 0 Å². The van der Waals surface area contributed by atoms with Crippen molar-refractivity contribution in [1.29, 1.82) is 0 Å². The molecule has 2 unspecified atom stereocenters. The first kappa shape index (κ1) is 49.0. The van der Waals surface area contributed by atoms with E-state index in [1.807, 2.05) is 21.1 Å². The number of hydrogen-bond acceptors (Lipinski definition) is 6. The maximum absolute atomic E-state index is 12.7. The van der Waals surface area contributed by atoms with Crippen LogP contribution in [0.2, 0.25) is 0 Å². The highest BCUT2D eigenvalue weighted by Crippen LogP contribution is 2.12. The smallest absolute Gasteiger partial charge is 0.362 e. The number of carboxylic acid groups (broad SMARTS) is 1. The van der Waals surface area contributed by atoms with Gasteiger partial charge in [-0.05, 0) is 70.6 Å². The highest BCUT2D eigenvalue weighted by molar-refractivity contribution is 5.72. The molecule has 2 atom stereocenters. The van der Waals surface area contributed by atoms with E-state index >= 15 is 0 Å². The number of nitrogens with zero attached hydrogens (tertiary/aromatic N) is 1. The molecule has 0 aliphatic heterocycles. The third kappa shape index (κ3) is 32.9. The van der Waals surface area contributed by atoms with Gasteiger partial charge in [0.2, 0.25) is 0 Å². The number of rotatable bonds is 35. The molecule has 0 heterocycles. The predicted molar refractivity (Wildman–Crippen MR) is 215 cm³/mol. The molecule has 0 aromatic heterocycles. The van der Waals surface area contributed by atoms with Crippen molar-refractivity contribution in [3.05, 3.63) is 60.8 Å². The van der Waals surface area contributed by atoms with Gasteiger partial charge in [0.15, 0.2) is 12.1 Å². The summed E-state index contributed by atoms with van der Waals surface area (Å²) in [5, 5.41) is 9.59. The topological polar surface area (TPSA) is 99.1 Å². The molecule has 0 aliphatic carbocycles. The molecule has 0 aromatic carbocycles. The Morgan fingerprint density at radius 2 is 1.13 bits per heavy atom. The lowest BCUT2D eigenvalue weighted by molar-refractivity contribution is -0.887. The highest BCUT2D eigenvalue weighted by Gasteiger charge is 2.31. The maximum atomic E-state index is 12.7. The van der Waals surface area contributed by atoms with Crippen molar-refractivity contribution in [2.24, 2.45) is 0 Å². The van der Waals surface area contributed by atoms with Crippen LogP contribution in [-0.4, -0.2) is 80.6 Å². The first-order chi connectivity index (χ1) is 25.1. The van der Waals surface area contributed by atoms with Crippen LogP contribution in [0.1, 0.15) is 149 Å². The number of allylic oxidation sites excluding steroid dienone is 10. The van der Waals surface area contributed by atoms with Gasteiger partial charge in [0.25, 0.3) is 0 Å². The van der Waals surface area contributed by atoms with Crippen LogP contribution in [0, 0.1) is 0 Å². The highest BCUT2D eigenvalue weighted by atomic mass is 16.6. The minimum absolute atomic E-state index is 0.0356. The molecule has 8 heteroatoms. The van der Waals surface area contributed by atoms with E-state index in [9.17, 15) is 19.5 Å². The third-order valence-electron chi connectivity index (χ3n) is 8.68. The standard InChI is InChI=1S/C44H75NO7/c1-6-8-10-12-14-16-18-20-21-22-23-25-27-29-31-33-35-43(47)52-40(38-50-37-36-41(44(48)49)45(3,4)5)39-51-42(46)34-32-30-28-26-24-19-17-15-13-11-9-7-2/h9,11,15,17,21-26,40-41H,6-8,10,12-14,16,18-20,27-39H2,1-5H3/p+1/b11-9+,17-15+,22-21+,25-23+,26-24+. The van der Waals surface area contributed by atoms with E-state index in [2.05, 4.69) is 74.6 Å². The number of hydrogen-bond donors (Lipinski definition) is 1. The van der Waals surface area contributed by atoms with Crippen LogP contribution in [0.25, 0.3) is 0 Å². The lowest BCUT2D eigenvalue weighted by Crippen LogP contribution is -2.50. The summed E-state index contributed by atoms with van der Waals surface area (Å²) in [4.78, 5) is 36.8. The van der Waals surface area contributed by atoms with E-state index < -0.39 is 18.1 Å². The average Bonchev–Trinajstić information content (AvgIpc) is 3.09. The SMILES string of the molecule is CC/C=C/C/C=C/C/C=C/CCCCC(=O)OCC(COCCC(C(=O)O)[N+](C)(C)C)OC(=O)CCCCC/C=C/C=C/CCCCCCCCC.